The smallest absolute Gasteiger partial charge is 0.261 e. The molecule has 1 unspecified atom stereocenters. The molecule has 7 nitrogen and oxygen atoms in total. The fourth-order valence-corrected chi connectivity index (χ4v) is 3.33. The summed E-state index contributed by atoms with van der Waals surface area (Å²) < 4.78 is 16.1. The Labute approximate surface area is 192 Å². The van der Waals surface area contributed by atoms with E-state index in [0.717, 1.165) is 5.56 Å². The molecule has 2 amide bonds. The highest BCUT2D eigenvalue weighted by molar-refractivity contribution is 6.42. The molecule has 0 aliphatic rings. The lowest BCUT2D eigenvalue weighted by molar-refractivity contribution is -0.142. The van der Waals surface area contributed by atoms with Crippen molar-refractivity contribution in [2.75, 3.05) is 27.9 Å². The van der Waals surface area contributed by atoms with Crippen LogP contribution in [0.2, 0.25) is 10.0 Å². The number of ether oxygens (including phenoxy) is 3. The first-order valence-corrected chi connectivity index (χ1v) is 10.4. The minimum absolute atomic E-state index is 0.173. The molecule has 0 saturated heterocycles. The number of benzene rings is 2. The minimum atomic E-state index is -0.671. The van der Waals surface area contributed by atoms with Gasteiger partial charge in [0.2, 0.25) is 5.91 Å². The Hall–Kier alpha value is -2.64. The van der Waals surface area contributed by atoms with Crippen LogP contribution in [-0.2, 0) is 16.1 Å². The fraction of sp³-hybridized carbons (Fsp3) is 0.364. The Morgan fingerprint density at radius 3 is 2.13 bits per heavy atom. The quantitative estimate of drug-likeness (QED) is 0.571. The van der Waals surface area contributed by atoms with Gasteiger partial charge in [0.15, 0.2) is 6.61 Å². The predicted octanol–water partition coefficient (Wildman–Crippen LogP) is 3.94. The van der Waals surface area contributed by atoms with Crippen LogP contribution in [0.4, 0.5) is 0 Å². The Kier molecular flexibility index (Phi) is 9.27. The molecule has 1 N–H and O–H groups in total. The van der Waals surface area contributed by atoms with E-state index < -0.39 is 6.04 Å². The van der Waals surface area contributed by atoms with E-state index in [9.17, 15) is 9.59 Å². The van der Waals surface area contributed by atoms with Crippen molar-refractivity contribution in [3.63, 3.8) is 0 Å². The maximum absolute atomic E-state index is 13.1. The molecule has 0 aliphatic heterocycles. The zero-order valence-corrected chi connectivity index (χ0v) is 19.4. The number of carbonyl (C=O) groups excluding carboxylic acids is 2. The lowest BCUT2D eigenvalue weighted by atomic mass is 10.1. The van der Waals surface area contributed by atoms with E-state index in [1.165, 1.54) is 26.2 Å². The molecule has 0 radical (unpaired) electrons. The third-order valence-electron chi connectivity index (χ3n) is 4.66. The van der Waals surface area contributed by atoms with Crippen LogP contribution in [0.5, 0.6) is 17.2 Å². The lowest BCUT2D eigenvalue weighted by Gasteiger charge is -2.30. The average Bonchev–Trinajstić information content (AvgIpc) is 2.78. The highest BCUT2D eigenvalue weighted by Crippen LogP contribution is 2.28. The molecule has 2 rings (SSSR count). The van der Waals surface area contributed by atoms with E-state index in [2.05, 4.69) is 5.32 Å². The molecule has 0 fully saturated rings. The van der Waals surface area contributed by atoms with Gasteiger partial charge >= 0.3 is 0 Å². The molecule has 0 spiro atoms. The van der Waals surface area contributed by atoms with Crippen LogP contribution >= 0.6 is 23.2 Å². The Morgan fingerprint density at radius 2 is 1.61 bits per heavy atom. The van der Waals surface area contributed by atoms with E-state index in [0.29, 0.717) is 33.7 Å². The van der Waals surface area contributed by atoms with Gasteiger partial charge < -0.3 is 24.4 Å². The number of halogens is 2. The molecule has 2 aromatic rings. The molecular formula is C22H26Cl2N2O5. The van der Waals surface area contributed by atoms with Crippen molar-refractivity contribution in [3.05, 3.63) is 52.0 Å². The van der Waals surface area contributed by atoms with Crippen molar-refractivity contribution in [2.24, 2.45) is 0 Å². The van der Waals surface area contributed by atoms with Gasteiger partial charge in [0.25, 0.3) is 5.91 Å². The number of likely N-dealkylation sites (N-methyl/N-ethyl adjacent to an activating group) is 1. The second-order valence-electron chi connectivity index (χ2n) is 6.65. The van der Waals surface area contributed by atoms with Crippen molar-refractivity contribution in [1.29, 1.82) is 0 Å². The van der Waals surface area contributed by atoms with Crippen LogP contribution in [0.3, 0.4) is 0 Å². The normalized spacial score (nSPS) is 11.4. The van der Waals surface area contributed by atoms with Gasteiger partial charge in [-0.1, -0.05) is 36.2 Å². The number of carbonyl (C=O) groups is 2. The van der Waals surface area contributed by atoms with Crippen molar-refractivity contribution in [1.82, 2.24) is 10.2 Å². The number of amides is 2. The maximum atomic E-state index is 13.1. The van der Waals surface area contributed by atoms with Gasteiger partial charge in [-0.2, -0.15) is 0 Å². The summed E-state index contributed by atoms with van der Waals surface area (Å²) in [6.07, 6.45) is 0.430. The average molecular weight is 469 g/mol. The molecular weight excluding hydrogens is 443 g/mol. The molecule has 0 bridgehead atoms. The van der Waals surface area contributed by atoms with Crippen molar-refractivity contribution < 1.29 is 23.8 Å². The van der Waals surface area contributed by atoms with Crippen LogP contribution in [-0.4, -0.2) is 50.6 Å². The molecule has 1 atom stereocenters. The zero-order chi connectivity index (χ0) is 23.0. The van der Waals surface area contributed by atoms with Gasteiger partial charge in [0.05, 0.1) is 24.3 Å². The van der Waals surface area contributed by atoms with Crippen LogP contribution < -0.4 is 19.5 Å². The third kappa shape index (κ3) is 6.67. The summed E-state index contributed by atoms with van der Waals surface area (Å²) in [5, 5.41) is 3.40. The second kappa shape index (κ2) is 11.7. The second-order valence-corrected chi connectivity index (χ2v) is 7.46. The minimum Gasteiger partial charge on any atom is -0.496 e. The monoisotopic (exact) mass is 468 g/mol. The predicted molar refractivity (Wildman–Crippen MR) is 120 cm³/mol. The molecule has 0 saturated carbocycles. The first-order valence-electron chi connectivity index (χ1n) is 9.63. The molecule has 2 aromatic carbocycles. The van der Waals surface area contributed by atoms with Crippen LogP contribution in [0.15, 0.2) is 36.4 Å². The standard InChI is InChI=1S/C22H26Cl2N2O5/c1-5-20(22(28)25-2)26(12-14-6-7-18(23)19(24)8-14)21(27)13-31-17-10-15(29-3)9-16(11-17)30-4/h6-11,20H,5,12-13H2,1-4H3,(H,25,28). The largest absolute Gasteiger partial charge is 0.496 e. The summed E-state index contributed by atoms with van der Waals surface area (Å²) >= 11 is 12.1. The number of rotatable bonds is 10. The van der Waals surface area contributed by atoms with Crippen LogP contribution in [0, 0.1) is 0 Å². The van der Waals surface area contributed by atoms with Crippen molar-refractivity contribution >= 4 is 35.0 Å². The molecule has 0 aromatic heterocycles. The zero-order valence-electron chi connectivity index (χ0n) is 17.9. The summed E-state index contributed by atoms with van der Waals surface area (Å²) in [4.78, 5) is 27.0. The van der Waals surface area contributed by atoms with E-state index >= 15 is 0 Å². The van der Waals surface area contributed by atoms with Gasteiger partial charge in [0, 0.05) is 31.8 Å². The highest BCUT2D eigenvalue weighted by atomic mass is 35.5. The summed E-state index contributed by atoms with van der Waals surface area (Å²) in [5.74, 6) is 0.854. The fourth-order valence-electron chi connectivity index (χ4n) is 3.01. The number of hydrogen-bond donors (Lipinski definition) is 1. The van der Waals surface area contributed by atoms with Crippen LogP contribution in [0.25, 0.3) is 0 Å². The first-order chi connectivity index (χ1) is 14.8. The number of methoxy groups -OCH3 is 2. The van der Waals surface area contributed by atoms with Crippen molar-refractivity contribution in [2.45, 2.75) is 25.9 Å². The van der Waals surface area contributed by atoms with E-state index in [-0.39, 0.29) is 25.0 Å². The summed E-state index contributed by atoms with van der Waals surface area (Å²) in [5.41, 5.74) is 0.744. The third-order valence-corrected chi connectivity index (χ3v) is 5.40. The van der Waals surface area contributed by atoms with Gasteiger partial charge in [-0.15, -0.1) is 0 Å². The van der Waals surface area contributed by atoms with Gasteiger partial charge in [-0.05, 0) is 24.1 Å². The topological polar surface area (TPSA) is 77.1 Å². The summed E-state index contributed by atoms with van der Waals surface area (Å²) in [6, 6.07) is 9.42. The van der Waals surface area contributed by atoms with E-state index in [4.69, 9.17) is 37.4 Å². The van der Waals surface area contributed by atoms with Gasteiger partial charge in [-0.25, -0.2) is 0 Å². The Morgan fingerprint density at radius 1 is 1.00 bits per heavy atom. The van der Waals surface area contributed by atoms with E-state index in [1.54, 1.807) is 36.4 Å². The highest BCUT2D eigenvalue weighted by Gasteiger charge is 2.28. The van der Waals surface area contributed by atoms with Crippen molar-refractivity contribution in [3.8, 4) is 17.2 Å². The molecule has 9 heteroatoms. The maximum Gasteiger partial charge on any atom is 0.261 e. The molecule has 31 heavy (non-hydrogen) atoms. The number of nitrogens with zero attached hydrogens (tertiary/aromatic N) is 1. The Balaban J connectivity index is 2.24. The molecule has 0 aliphatic carbocycles. The number of nitrogens with one attached hydrogen (secondary N) is 1. The first kappa shape index (κ1) is 24.6. The van der Waals surface area contributed by atoms with E-state index in [1.807, 2.05) is 6.92 Å². The summed E-state index contributed by atoms with van der Waals surface area (Å²) in [7, 11) is 4.58. The molecule has 0 heterocycles. The summed E-state index contributed by atoms with van der Waals surface area (Å²) in [6.45, 7) is 1.74. The number of hydrogen-bond acceptors (Lipinski definition) is 5. The van der Waals surface area contributed by atoms with Gasteiger partial charge in [0.1, 0.15) is 23.3 Å². The lowest BCUT2D eigenvalue weighted by Crippen LogP contribution is -2.49. The SMILES string of the molecule is CCC(C(=O)NC)N(Cc1ccc(Cl)c(Cl)c1)C(=O)COc1cc(OC)cc(OC)c1. The Bertz CT molecular complexity index is 901. The molecule has 168 valence electrons. The van der Waals surface area contributed by atoms with Crippen LogP contribution in [0.1, 0.15) is 18.9 Å². The van der Waals surface area contributed by atoms with Gasteiger partial charge in [-0.3, -0.25) is 9.59 Å².